The normalized spacial score (nSPS) is 12.0. The molecular weight excluding hydrogens is 505 g/mol. The molecule has 0 aliphatic carbocycles. The Hall–Kier alpha value is -1.66. The van der Waals surface area contributed by atoms with Crippen molar-refractivity contribution in [3.63, 3.8) is 0 Å². The topological polar surface area (TPSA) is 109 Å². The molecule has 162 valence electrons. The molecule has 0 unspecified atom stereocenters. The lowest BCUT2D eigenvalue weighted by molar-refractivity contribution is 0.463. The molecule has 0 saturated carbocycles. The Bertz CT molecular complexity index is 889. The minimum absolute atomic E-state index is 0. The molecular formula is C19H30IN5O3S. The number of hydrogen-bond donors (Lipinski definition) is 3. The van der Waals surface area contributed by atoms with E-state index < -0.39 is 10.0 Å². The number of halogens is 1. The van der Waals surface area contributed by atoms with Crippen LogP contribution in [-0.4, -0.2) is 32.5 Å². The van der Waals surface area contributed by atoms with Gasteiger partial charge in [-0.2, -0.15) is 0 Å². The number of aromatic nitrogens is 1. The van der Waals surface area contributed by atoms with Gasteiger partial charge >= 0.3 is 0 Å². The minimum Gasteiger partial charge on any atom is -0.444 e. The fraction of sp³-hybridized carbons (Fsp3) is 0.474. The van der Waals surface area contributed by atoms with Crippen molar-refractivity contribution in [2.75, 3.05) is 7.05 Å². The van der Waals surface area contributed by atoms with Crippen molar-refractivity contribution in [1.29, 1.82) is 0 Å². The van der Waals surface area contributed by atoms with Crippen LogP contribution < -0.4 is 15.4 Å². The van der Waals surface area contributed by atoms with Gasteiger partial charge in [0, 0.05) is 19.6 Å². The Balaban J connectivity index is 0.00000420. The van der Waals surface area contributed by atoms with Crippen LogP contribution in [0.25, 0.3) is 0 Å². The van der Waals surface area contributed by atoms with Crippen molar-refractivity contribution >= 4 is 40.0 Å². The summed E-state index contributed by atoms with van der Waals surface area (Å²) < 4.78 is 32.1. The highest BCUT2D eigenvalue weighted by Gasteiger charge is 2.13. The van der Waals surface area contributed by atoms with Gasteiger partial charge in [0.2, 0.25) is 15.9 Å². The quantitative estimate of drug-likeness (QED) is 0.273. The highest BCUT2D eigenvalue weighted by Crippen LogP contribution is 2.09. The van der Waals surface area contributed by atoms with E-state index in [1.54, 1.807) is 20.9 Å². The first-order chi connectivity index (χ1) is 13.2. The van der Waals surface area contributed by atoms with E-state index in [4.69, 9.17) is 4.42 Å². The Morgan fingerprint density at radius 1 is 1.10 bits per heavy atom. The van der Waals surface area contributed by atoms with E-state index in [1.807, 2.05) is 38.1 Å². The highest BCUT2D eigenvalue weighted by atomic mass is 127. The number of aryl methyl sites for hydroxylation is 2. The zero-order valence-electron chi connectivity index (χ0n) is 17.4. The molecule has 3 N–H and O–H groups in total. The predicted molar refractivity (Wildman–Crippen MR) is 126 cm³/mol. The predicted octanol–water partition coefficient (Wildman–Crippen LogP) is 2.60. The molecule has 0 atom stereocenters. The minimum atomic E-state index is -3.32. The lowest BCUT2D eigenvalue weighted by atomic mass is 10.1. The third-order valence-electron chi connectivity index (χ3n) is 3.96. The second kappa shape index (κ2) is 11.5. The zero-order chi connectivity index (χ0) is 20.7. The largest absolute Gasteiger partial charge is 0.444 e. The number of aliphatic imine (C=N–C) groups is 1. The van der Waals surface area contributed by atoms with E-state index in [0.29, 0.717) is 24.9 Å². The molecule has 0 aliphatic rings. The van der Waals surface area contributed by atoms with Gasteiger partial charge in [0.25, 0.3) is 0 Å². The molecule has 0 spiro atoms. The number of nitrogens with zero attached hydrogens (tertiary/aromatic N) is 2. The first-order valence-corrected chi connectivity index (χ1v) is 10.8. The molecule has 0 radical (unpaired) electrons. The first kappa shape index (κ1) is 25.4. The summed E-state index contributed by atoms with van der Waals surface area (Å²) in [4.78, 5) is 8.50. The average Bonchev–Trinajstić information content (AvgIpc) is 2.93. The molecule has 0 fully saturated rings. The van der Waals surface area contributed by atoms with Gasteiger partial charge in [-0.3, -0.25) is 4.99 Å². The van der Waals surface area contributed by atoms with Crippen molar-refractivity contribution < 1.29 is 12.8 Å². The Morgan fingerprint density at radius 3 is 2.21 bits per heavy atom. The Labute approximate surface area is 190 Å². The fourth-order valence-electron chi connectivity index (χ4n) is 2.55. The lowest BCUT2D eigenvalue weighted by Crippen LogP contribution is -2.36. The van der Waals surface area contributed by atoms with E-state index >= 15 is 0 Å². The summed E-state index contributed by atoms with van der Waals surface area (Å²) in [5, 5.41) is 6.36. The van der Waals surface area contributed by atoms with E-state index in [-0.39, 0.29) is 35.8 Å². The summed E-state index contributed by atoms with van der Waals surface area (Å²) in [5.41, 5.74) is 2.64. The fourth-order valence-corrected chi connectivity index (χ4v) is 3.99. The van der Waals surface area contributed by atoms with Gasteiger partial charge in [0.1, 0.15) is 5.76 Å². The van der Waals surface area contributed by atoms with Gasteiger partial charge in [0.15, 0.2) is 5.96 Å². The molecule has 10 heteroatoms. The molecule has 0 aliphatic heterocycles. The van der Waals surface area contributed by atoms with Gasteiger partial charge in [-0.05, 0) is 38.8 Å². The Morgan fingerprint density at radius 2 is 1.69 bits per heavy atom. The summed E-state index contributed by atoms with van der Waals surface area (Å²) in [6, 6.07) is 7.34. The monoisotopic (exact) mass is 535 g/mol. The van der Waals surface area contributed by atoms with Crippen LogP contribution in [0.1, 0.15) is 42.3 Å². The van der Waals surface area contributed by atoms with E-state index in [1.165, 1.54) is 0 Å². The summed E-state index contributed by atoms with van der Waals surface area (Å²) >= 11 is 0. The Kier molecular flexibility index (Phi) is 10.1. The number of guanidine groups is 1. The number of hydrogen-bond acceptors (Lipinski definition) is 5. The van der Waals surface area contributed by atoms with Crippen LogP contribution in [0, 0.1) is 13.8 Å². The maximum Gasteiger partial charge on any atom is 0.216 e. The number of sulfonamides is 1. The molecule has 0 amide bonds. The first-order valence-electron chi connectivity index (χ1n) is 9.13. The molecule has 8 nitrogen and oxygen atoms in total. The summed E-state index contributed by atoms with van der Waals surface area (Å²) in [6.07, 6.45) is 0. The molecule has 2 aromatic rings. The van der Waals surface area contributed by atoms with Crippen LogP contribution in [0.15, 0.2) is 33.7 Å². The number of rotatable bonds is 8. The molecule has 0 bridgehead atoms. The van der Waals surface area contributed by atoms with Gasteiger partial charge in [0.05, 0.1) is 18.0 Å². The van der Waals surface area contributed by atoms with Gasteiger partial charge in [-0.25, -0.2) is 18.1 Å². The van der Waals surface area contributed by atoms with E-state index in [0.717, 1.165) is 22.6 Å². The van der Waals surface area contributed by atoms with Crippen molar-refractivity contribution in [2.24, 2.45) is 4.99 Å². The van der Waals surface area contributed by atoms with E-state index in [2.05, 4.69) is 25.3 Å². The number of nitrogens with one attached hydrogen (secondary N) is 3. The van der Waals surface area contributed by atoms with Crippen LogP contribution in [0.4, 0.5) is 0 Å². The van der Waals surface area contributed by atoms with Crippen LogP contribution in [0.2, 0.25) is 0 Å². The van der Waals surface area contributed by atoms with Crippen molar-refractivity contribution in [2.45, 2.75) is 52.6 Å². The summed E-state index contributed by atoms with van der Waals surface area (Å²) in [7, 11) is -1.63. The average molecular weight is 535 g/mol. The lowest BCUT2D eigenvalue weighted by Gasteiger charge is -2.12. The van der Waals surface area contributed by atoms with E-state index in [9.17, 15) is 8.42 Å². The van der Waals surface area contributed by atoms with Crippen molar-refractivity contribution in [1.82, 2.24) is 20.3 Å². The van der Waals surface area contributed by atoms with Crippen molar-refractivity contribution in [3.8, 4) is 0 Å². The SMILES string of the molecule is CN=C(NCc1ccc(CS(=O)(=O)NC(C)C)cc1)NCc1nc(C)c(C)o1.I. The van der Waals surface area contributed by atoms with Crippen LogP contribution in [0.3, 0.4) is 0 Å². The molecule has 1 aromatic carbocycles. The third-order valence-corrected chi connectivity index (χ3v) is 5.50. The number of oxazole rings is 1. The van der Waals surface area contributed by atoms with Crippen LogP contribution in [-0.2, 0) is 28.9 Å². The van der Waals surface area contributed by atoms with Crippen LogP contribution in [0.5, 0.6) is 0 Å². The summed E-state index contributed by atoms with van der Waals surface area (Å²) in [5.74, 6) is 2.02. The van der Waals surface area contributed by atoms with Gasteiger partial charge in [-0.15, -0.1) is 24.0 Å². The maximum absolute atomic E-state index is 12.0. The molecule has 1 heterocycles. The van der Waals surface area contributed by atoms with Crippen molar-refractivity contribution in [3.05, 3.63) is 52.7 Å². The molecule has 2 rings (SSSR count). The smallest absolute Gasteiger partial charge is 0.216 e. The standard InChI is InChI=1S/C19H29N5O3S.HI/c1-13(2)24-28(25,26)12-17-8-6-16(7-9-17)10-21-19(20-5)22-11-18-23-14(3)15(4)27-18;/h6-9,13,24H,10-12H2,1-5H3,(H2,20,21,22);1H. The van der Waals surface area contributed by atoms with Gasteiger partial charge < -0.3 is 15.1 Å². The second-order valence-electron chi connectivity index (χ2n) is 6.88. The van der Waals surface area contributed by atoms with Gasteiger partial charge in [-0.1, -0.05) is 24.3 Å². The highest BCUT2D eigenvalue weighted by molar-refractivity contribution is 14.0. The summed E-state index contributed by atoms with van der Waals surface area (Å²) in [6.45, 7) is 8.39. The second-order valence-corrected chi connectivity index (χ2v) is 8.63. The molecule has 0 saturated heterocycles. The zero-order valence-corrected chi connectivity index (χ0v) is 20.6. The third kappa shape index (κ3) is 8.70. The van der Waals surface area contributed by atoms with Crippen LogP contribution >= 0.6 is 24.0 Å². The molecule has 1 aromatic heterocycles. The maximum atomic E-state index is 12.0. The molecule has 29 heavy (non-hydrogen) atoms. The number of benzene rings is 1.